The molecule has 0 radical (unpaired) electrons. The van der Waals surface area contributed by atoms with Crippen LogP contribution in [0.4, 0.5) is 13.2 Å². The Labute approximate surface area is 100 Å². The monoisotopic (exact) mass is 291 g/mol. The van der Waals surface area contributed by atoms with Gasteiger partial charge in [-0.2, -0.15) is 18.4 Å². The van der Waals surface area contributed by atoms with E-state index in [-0.39, 0.29) is 5.92 Å². The van der Waals surface area contributed by atoms with E-state index in [0.717, 1.165) is 12.1 Å². The van der Waals surface area contributed by atoms with Crippen LogP contribution in [-0.2, 0) is 12.6 Å². The van der Waals surface area contributed by atoms with Gasteiger partial charge in [-0.3, -0.25) is 0 Å². The van der Waals surface area contributed by atoms with Crippen molar-refractivity contribution in [2.45, 2.75) is 12.6 Å². The number of benzene rings is 1. The Bertz CT molecular complexity index is 395. The van der Waals surface area contributed by atoms with Gasteiger partial charge in [-0.25, -0.2) is 0 Å². The third-order valence-corrected chi connectivity index (χ3v) is 2.89. The van der Waals surface area contributed by atoms with E-state index in [1.807, 2.05) is 6.07 Å². The van der Waals surface area contributed by atoms with E-state index in [1.165, 1.54) is 6.07 Å². The zero-order chi connectivity index (χ0) is 12.2. The minimum Gasteiger partial charge on any atom is -0.198 e. The Morgan fingerprint density at radius 2 is 2.06 bits per heavy atom. The van der Waals surface area contributed by atoms with Crippen molar-refractivity contribution < 1.29 is 13.2 Å². The molecule has 0 spiro atoms. The molecule has 0 saturated heterocycles. The molecule has 1 aromatic carbocycles. The molecular weight excluding hydrogens is 283 g/mol. The number of nitrogens with zero attached hydrogens (tertiary/aromatic N) is 1. The Hall–Kier alpha value is -1.02. The lowest BCUT2D eigenvalue weighted by Gasteiger charge is -2.09. The minimum absolute atomic E-state index is 0.302. The van der Waals surface area contributed by atoms with Gasteiger partial charge in [-0.15, -0.1) is 0 Å². The van der Waals surface area contributed by atoms with Crippen LogP contribution in [0, 0.1) is 17.2 Å². The number of hydrogen-bond acceptors (Lipinski definition) is 1. The van der Waals surface area contributed by atoms with Crippen LogP contribution in [0.1, 0.15) is 11.1 Å². The standard InChI is InChI=1S/C11H9BrF3N/c12-6-9(7-16)4-8-2-1-3-10(5-8)11(13,14)15/h1-3,5,9H,4,6H2. The predicted octanol–water partition coefficient (Wildman–Crippen LogP) is 3.78. The smallest absolute Gasteiger partial charge is 0.198 e. The highest BCUT2D eigenvalue weighted by Crippen LogP contribution is 2.30. The van der Waals surface area contributed by atoms with E-state index in [1.54, 1.807) is 6.07 Å². The van der Waals surface area contributed by atoms with Crippen molar-refractivity contribution in [2.24, 2.45) is 5.92 Å². The number of alkyl halides is 4. The van der Waals surface area contributed by atoms with Gasteiger partial charge in [0.05, 0.1) is 17.6 Å². The molecule has 1 aromatic rings. The van der Waals surface area contributed by atoms with Crippen molar-refractivity contribution in [3.63, 3.8) is 0 Å². The minimum atomic E-state index is -4.33. The highest BCUT2D eigenvalue weighted by molar-refractivity contribution is 9.09. The lowest BCUT2D eigenvalue weighted by Crippen LogP contribution is -2.07. The van der Waals surface area contributed by atoms with E-state index in [0.29, 0.717) is 17.3 Å². The Kier molecular flexibility index (Phi) is 4.36. The van der Waals surface area contributed by atoms with Gasteiger partial charge in [0.2, 0.25) is 0 Å². The van der Waals surface area contributed by atoms with Crippen LogP contribution in [0.3, 0.4) is 0 Å². The molecule has 0 aliphatic carbocycles. The maximum absolute atomic E-state index is 12.4. The molecule has 0 aromatic heterocycles. The Balaban J connectivity index is 2.88. The fraction of sp³-hybridized carbons (Fsp3) is 0.364. The normalized spacial score (nSPS) is 13.2. The molecule has 0 saturated carbocycles. The second kappa shape index (κ2) is 5.35. The fourth-order valence-corrected chi connectivity index (χ4v) is 1.67. The van der Waals surface area contributed by atoms with Crippen LogP contribution < -0.4 is 0 Å². The molecule has 86 valence electrons. The largest absolute Gasteiger partial charge is 0.416 e. The summed E-state index contributed by atoms with van der Waals surface area (Å²) in [5.41, 5.74) is -0.142. The van der Waals surface area contributed by atoms with Gasteiger partial charge in [-0.1, -0.05) is 34.1 Å². The van der Waals surface area contributed by atoms with Gasteiger partial charge >= 0.3 is 6.18 Å². The summed E-state index contributed by atoms with van der Waals surface area (Å²) in [7, 11) is 0. The van der Waals surface area contributed by atoms with Gasteiger partial charge in [-0.05, 0) is 18.1 Å². The van der Waals surface area contributed by atoms with Crippen LogP contribution >= 0.6 is 15.9 Å². The molecule has 1 nitrogen and oxygen atoms in total. The number of nitriles is 1. The van der Waals surface area contributed by atoms with Gasteiger partial charge in [0, 0.05) is 5.33 Å². The van der Waals surface area contributed by atoms with Crippen molar-refractivity contribution in [3.05, 3.63) is 35.4 Å². The predicted molar refractivity (Wildman–Crippen MR) is 58.0 cm³/mol. The van der Waals surface area contributed by atoms with Crippen LogP contribution in [0.25, 0.3) is 0 Å². The van der Waals surface area contributed by atoms with E-state index in [2.05, 4.69) is 15.9 Å². The number of rotatable bonds is 3. The molecule has 1 unspecified atom stereocenters. The zero-order valence-electron chi connectivity index (χ0n) is 8.26. The summed E-state index contributed by atoms with van der Waals surface area (Å²) in [6.07, 6.45) is -4.00. The SMILES string of the molecule is N#CC(CBr)Cc1cccc(C(F)(F)F)c1. The van der Waals surface area contributed by atoms with Gasteiger partial charge in [0.25, 0.3) is 0 Å². The molecular formula is C11H9BrF3N. The van der Waals surface area contributed by atoms with Crippen molar-refractivity contribution >= 4 is 15.9 Å². The summed E-state index contributed by atoms with van der Waals surface area (Å²) in [6, 6.07) is 7.11. The number of hydrogen-bond donors (Lipinski definition) is 0. The molecule has 5 heteroatoms. The summed E-state index contributed by atoms with van der Waals surface area (Å²) in [4.78, 5) is 0. The molecule has 0 fully saturated rings. The molecule has 0 aliphatic rings. The zero-order valence-corrected chi connectivity index (χ0v) is 9.85. The summed E-state index contributed by atoms with van der Waals surface area (Å²) >= 11 is 3.15. The van der Waals surface area contributed by atoms with Crippen LogP contribution in [0.15, 0.2) is 24.3 Å². The second-order valence-corrected chi connectivity index (χ2v) is 4.03. The first-order valence-corrected chi connectivity index (χ1v) is 5.71. The van der Waals surface area contributed by atoms with E-state index < -0.39 is 11.7 Å². The maximum atomic E-state index is 12.4. The second-order valence-electron chi connectivity index (χ2n) is 3.38. The van der Waals surface area contributed by atoms with Gasteiger partial charge in [0.1, 0.15) is 0 Å². The topological polar surface area (TPSA) is 23.8 Å². The lowest BCUT2D eigenvalue weighted by molar-refractivity contribution is -0.137. The lowest BCUT2D eigenvalue weighted by atomic mass is 10.0. The molecule has 0 aliphatic heterocycles. The van der Waals surface area contributed by atoms with Crippen molar-refractivity contribution in [1.82, 2.24) is 0 Å². The summed E-state index contributed by atoms with van der Waals surface area (Å²) < 4.78 is 37.2. The molecule has 1 rings (SSSR count). The van der Waals surface area contributed by atoms with Crippen molar-refractivity contribution in [2.75, 3.05) is 5.33 Å². The molecule has 0 bridgehead atoms. The van der Waals surface area contributed by atoms with Crippen molar-refractivity contribution in [1.29, 1.82) is 5.26 Å². The van der Waals surface area contributed by atoms with E-state index in [4.69, 9.17) is 5.26 Å². The maximum Gasteiger partial charge on any atom is 0.416 e. The summed E-state index contributed by atoms with van der Waals surface area (Å²) in [5, 5.41) is 9.17. The van der Waals surface area contributed by atoms with Crippen LogP contribution in [0.5, 0.6) is 0 Å². The van der Waals surface area contributed by atoms with Crippen molar-refractivity contribution in [3.8, 4) is 6.07 Å². The number of halogens is 4. The van der Waals surface area contributed by atoms with E-state index >= 15 is 0 Å². The summed E-state index contributed by atoms with van der Waals surface area (Å²) in [5.74, 6) is -0.302. The first-order chi connectivity index (χ1) is 7.47. The Morgan fingerprint density at radius 1 is 1.38 bits per heavy atom. The first-order valence-electron chi connectivity index (χ1n) is 4.59. The van der Waals surface area contributed by atoms with Gasteiger partial charge < -0.3 is 0 Å². The molecule has 16 heavy (non-hydrogen) atoms. The molecule has 0 amide bonds. The van der Waals surface area contributed by atoms with Crippen LogP contribution in [-0.4, -0.2) is 5.33 Å². The molecule has 0 heterocycles. The third-order valence-electron chi connectivity index (χ3n) is 2.11. The average molecular weight is 292 g/mol. The Morgan fingerprint density at radius 3 is 2.56 bits per heavy atom. The highest BCUT2D eigenvalue weighted by Gasteiger charge is 2.30. The van der Waals surface area contributed by atoms with Gasteiger partial charge in [0.15, 0.2) is 0 Å². The first kappa shape index (κ1) is 13.0. The summed E-state index contributed by atoms with van der Waals surface area (Å²) in [6.45, 7) is 0. The molecule has 0 N–H and O–H groups in total. The third kappa shape index (κ3) is 3.53. The highest BCUT2D eigenvalue weighted by atomic mass is 79.9. The fourth-order valence-electron chi connectivity index (χ4n) is 1.29. The van der Waals surface area contributed by atoms with Crippen LogP contribution in [0.2, 0.25) is 0 Å². The molecule has 1 atom stereocenters. The quantitative estimate of drug-likeness (QED) is 0.778. The van der Waals surface area contributed by atoms with E-state index in [9.17, 15) is 13.2 Å². The average Bonchev–Trinajstić information content (AvgIpc) is 2.25.